The molecule has 2 amide bonds. The van der Waals surface area contributed by atoms with E-state index in [0.717, 1.165) is 5.56 Å². The number of amides is 2. The first-order chi connectivity index (χ1) is 13.3. The van der Waals surface area contributed by atoms with Gasteiger partial charge in [0, 0.05) is 45.0 Å². The average Bonchev–Trinajstić information content (AvgIpc) is 2.86. The zero-order chi connectivity index (χ0) is 20.4. The van der Waals surface area contributed by atoms with Crippen LogP contribution in [0.3, 0.4) is 0 Å². The van der Waals surface area contributed by atoms with E-state index in [1.54, 1.807) is 34.7 Å². The summed E-state index contributed by atoms with van der Waals surface area (Å²) in [5.41, 5.74) is 7.99. The highest BCUT2D eigenvalue weighted by Crippen LogP contribution is 2.28. The average molecular weight is 384 g/mol. The van der Waals surface area contributed by atoms with Gasteiger partial charge in [-0.3, -0.25) is 9.59 Å². The van der Waals surface area contributed by atoms with E-state index in [9.17, 15) is 14.0 Å². The molecule has 0 fully saturated rings. The summed E-state index contributed by atoms with van der Waals surface area (Å²) in [6.45, 7) is 4.43. The Morgan fingerprint density at radius 3 is 2.54 bits per heavy atom. The summed E-state index contributed by atoms with van der Waals surface area (Å²) < 4.78 is 14.8. The van der Waals surface area contributed by atoms with Crippen molar-refractivity contribution < 1.29 is 14.0 Å². The largest absolute Gasteiger partial charge is 0.359 e. The Hall–Kier alpha value is -2.93. The third kappa shape index (κ3) is 3.84. The fourth-order valence-electron chi connectivity index (χ4n) is 3.29. The quantitative estimate of drug-likeness (QED) is 0.826. The predicted octanol–water partition coefficient (Wildman–Crippen LogP) is 2.58. The molecular weight excluding hydrogens is 359 g/mol. The first-order valence-corrected chi connectivity index (χ1v) is 9.23. The van der Waals surface area contributed by atoms with Gasteiger partial charge in [0.1, 0.15) is 5.82 Å². The Labute approximate surface area is 164 Å². The molecule has 0 aliphatic carbocycles. The van der Waals surface area contributed by atoms with E-state index in [1.165, 1.54) is 19.1 Å². The van der Waals surface area contributed by atoms with Crippen molar-refractivity contribution in [2.75, 3.05) is 29.9 Å². The zero-order valence-electron chi connectivity index (χ0n) is 16.4. The van der Waals surface area contributed by atoms with Crippen LogP contribution in [0.5, 0.6) is 0 Å². The van der Waals surface area contributed by atoms with Gasteiger partial charge < -0.3 is 20.4 Å². The first kappa shape index (κ1) is 19.8. The van der Waals surface area contributed by atoms with Crippen molar-refractivity contribution >= 4 is 23.2 Å². The van der Waals surface area contributed by atoms with Crippen LogP contribution in [0.25, 0.3) is 0 Å². The van der Waals surface area contributed by atoms with Crippen LogP contribution in [0.15, 0.2) is 42.5 Å². The third-order valence-electron chi connectivity index (χ3n) is 5.13. The lowest BCUT2D eigenvalue weighted by Crippen LogP contribution is -2.38. The Balaban J connectivity index is 1.95. The maximum absolute atomic E-state index is 14.8. The molecule has 28 heavy (non-hydrogen) atoms. The van der Waals surface area contributed by atoms with Crippen molar-refractivity contribution in [1.29, 1.82) is 0 Å². The molecule has 1 atom stereocenters. The van der Waals surface area contributed by atoms with Gasteiger partial charge in [-0.05, 0) is 36.8 Å². The molecule has 2 N–H and O–H groups in total. The molecule has 148 valence electrons. The van der Waals surface area contributed by atoms with Crippen LogP contribution in [0.4, 0.5) is 15.8 Å². The summed E-state index contributed by atoms with van der Waals surface area (Å²) >= 11 is 0. The Morgan fingerprint density at radius 1 is 1.18 bits per heavy atom. The third-order valence-corrected chi connectivity index (χ3v) is 5.13. The van der Waals surface area contributed by atoms with Gasteiger partial charge in [-0.15, -0.1) is 0 Å². The van der Waals surface area contributed by atoms with E-state index >= 15 is 0 Å². The summed E-state index contributed by atoms with van der Waals surface area (Å²) in [6, 6.07) is 11.9. The lowest BCUT2D eigenvalue weighted by Gasteiger charge is -2.25. The van der Waals surface area contributed by atoms with Crippen molar-refractivity contribution in [3.05, 3.63) is 59.4 Å². The SMILES string of the molecule is CC(=O)N1CCN(C(=O)c2ccc(N(C)C(C)N)cc2F)c2ccccc2C1. The van der Waals surface area contributed by atoms with E-state index in [0.29, 0.717) is 31.0 Å². The Kier molecular flexibility index (Phi) is 5.65. The first-order valence-electron chi connectivity index (χ1n) is 9.23. The minimum Gasteiger partial charge on any atom is -0.359 e. The molecular formula is C21H25FN4O2. The number of hydrogen-bond donors (Lipinski definition) is 1. The number of para-hydroxylation sites is 1. The predicted molar refractivity (Wildman–Crippen MR) is 108 cm³/mol. The monoisotopic (exact) mass is 384 g/mol. The van der Waals surface area contributed by atoms with E-state index in [-0.39, 0.29) is 17.6 Å². The van der Waals surface area contributed by atoms with Crippen LogP contribution in [0.2, 0.25) is 0 Å². The van der Waals surface area contributed by atoms with Gasteiger partial charge in [0.05, 0.1) is 11.7 Å². The number of hydrogen-bond acceptors (Lipinski definition) is 4. The number of anilines is 2. The smallest absolute Gasteiger partial charge is 0.261 e. The van der Waals surface area contributed by atoms with Crippen molar-refractivity contribution in [2.24, 2.45) is 5.73 Å². The number of halogens is 1. The van der Waals surface area contributed by atoms with Gasteiger partial charge >= 0.3 is 0 Å². The van der Waals surface area contributed by atoms with E-state index < -0.39 is 11.7 Å². The maximum atomic E-state index is 14.8. The van der Waals surface area contributed by atoms with Crippen LogP contribution in [-0.2, 0) is 11.3 Å². The Bertz CT molecular complexity index is 900. The molecule has 1 unspecified atom stereocenters. The molecule has 2 aromatic carbocycles. The van der Waals surface area contributed by atoms with Crippen LogP contribution >= 0.6 is 0 Å². The molecule has 1 aliphatic heterocycles. The molecule has 0 aromatic heterocycles. The zero-order valence-corrected chi connectivity index (χ0v) is 16.4. The molecule has 6 nitrogen and oxygen atoms in total. The topological polar surface area (TPSA) is 69.9 Å². The number of nitrogens with two attached hydrogens (primary N) is 1. The molecule has 0 radical (unpaired) electrons. The van der Waals surface area contributed by atoms with Crippen molar-refractivity contribution in [1.82, 2.24) is 4.90 Å². The molecule has 0 bridgehead atoms. The highest BCUT2D eigenvalue weighted by atomic mass is 19.1. The molecule has 2 aromatic rings. The fraction of sp³-hybridized carbons (Fsp3) is 0.333. The summed E-state index contributed by atoms with van der Waals surface area (Å²) in [5, 5.41) is 0. The molecule has 0 saturated carbocycles. The second kappa shape index (κ2) is 7.98. The second-order valence-corrected chi connectivity index (χ2v) is 7.04. The Morgan fingerprint density at radius 2 is 1.89 bits per heavy atom. The van der Waals surface area contributed by atoms with Gasteiger partial charge in [-0.1, -0.05) is 18.2 Å². The molecule has 1 aliphatic rings. The minimum absolute atomic E-state index is 0.00657. The van der Waals surface area contributed by atoms with E-state index in [4.69, 9.17) is 5.73 Å². The lowest BCUT2D eigenvalue weighted by molar-refractivity contribution is -0.129. The highest BCUT2D eigenvalue weighted by molar-refractivity contribution is 6.07. The number of nitrogens with zero attached hydrogens (tertiary/aromatic N) is 3. The van der Waals surface area contributed by atoms with E-state index in [2.05, 4.69) is 0 Å². The summed E-state index contributed by atoms with van der Waals surface area (Å²) in [5.74, 6) is -1.08. The van der Waals surface area contributed by atoms with Crippen LogP contribution in [0, 0.1) is 5.82 Å². The van der Waals surface area contributed by atoms with Gasteiger partial charge in [0.2, 0.25) is 5.91 Å². The van der Waals surface area contributed by atoms with Crippen LogP contribution in [0.1, 0.15) is 29.8 Å². The number of fused-ring (bicyclic) bond motifs is 1. The van der Waals surface area contributed by atoms with Crippen molar-refractivity contribution in [3.63, 3.8) is 0 Å². The van der Waals surface area contributed by atoms with Crippen LogP contribution < -0.4 is 15.5 Å². The minimum atomic E-state index is -0.597. The summed E-state index contributed by atoms with van der Waals surface area (Å²) in [7, 11) is 1.77. The molecule has 0 saturated heterocycles. The van der Waals surface area contributed by atoms with Gasteiger partial charge in [0.25, 0.3) is 5.91 Å². The second-order valence-electron chi connectivity index (χ2n) is 7.04. The van der Waals surface area contributed by atoms with Gasteiger partial charge in [-0.2, -0.15) is 0 Å². The van der Waals surface area contributed by atoms with Gasteiger partial charge in [0.15, 0.2) is 0 Å². The van der Waals surface area contributed by atoms with Crippen LogP contribution in [-0.4, -0.2) is 43.0 Å². The van der Waals surface area contributed by atoms with E-state index in [1.807, 2.05) is 24.3 Å². The highest BCUT2D eigenvalue weighted by Gasteiger charge is 2.27. The summed E-state index contributed by atoms with van der Waals surface area (Å²) in [6.07, 6.45) is -0.281. The standard InChI is InChI=1S/C21H25FN4O2/c1-14(23)24(3)17-8-9-18(19(22)12-17)21(28)26-11-10-25(15(2)27)13-16-6-4-5-7-20(16)26/h4-9,12,14H,10-11,13,23H2,1-3H3. The van der Waals surface area contributed by atoms with Gasteiger partial charge in [-0.25, -0.2) is 4.39 Å². The molecule has 3 rings (SSSR count). The summed E-state index contributed by atoms with van der Waals surface area (Å²) in [4.78, 5) is 30.0. The van der Waals surface area contributed by atoms with Crippen molar-refractivity contribution in [2.45, 2.75) is 26.6 Å². The maximum Gasteiger partial charge on any atom is 0.261 e. The number of benzene rings is 2. The molecule has 0 spiro atoms. The normalized spacial score (nSPS) is 14.9. The van der Waals surface area contributed by atoms with Crippen molar-refractivity contribution in [3.8, 4) is 0 Å². The molecule has 7 heteroatoms. The number of carbonyl (C=O) groups excluding carboxylic acids is 2. The number of carbonyl (C=O) groups is 2. The number of rotatable bonds is 3. The lowest BCUT2D eigenvalue weighted by atomic mass is 10.1. The fourth-order valence-corrected chi connectivity index (χ4v) is 3.29. The molecule has 1 heterocycles.